The highest BCUT2D eigenvalue weighted by atomic mass is 16.5. The number of aromatic amines is 1. The largest absolute Gasteiger partial charge is 0.497 e. The Hall–Kier alpha value is -3.28. The van der Waals surface area contributed by atoms with Gasteiger partial charge in [0.15, 0.2) is 0 Å². The Morgan fingerprint density at radius 2 is 2.07 bits per heavy atom. The summed E-state index contributed by atoms with van der Waals surface area (Å²) in [5.74, 6) is 0.619. The van der Waals surface area contributed by atoms with Crippen LogP contribution in [0.25, 0.3) is 10.9 Å². The molecule has 1 atom stereocenters. The summed E-state index contributed by atoms with van der Waals surface area (Å²) in [7, 11) is 1.65. The average molecular weight is 363 g/mol. The molecule has 0 radical (unpaired) electrons. The van der Waals surface area contributed by atoms with Gasteiger partial charge in [0, 0.05) is 29.2 Å². The van der Waals surface area contributed by atoms with Gasteiger partial charge in [-0.05, 0) is 41.8 Å². The summed E-state index contributed by atoms with van der Waals surface area (Å²) in [6.45, 7) is 0.533. The molecular weight excluding hydrogens is 342 g/mol. The molecule has 3 aromatic rings. The molecule has 6 nitrogen and oxygen atoms in total. The van der Waals surface area contributed by atoms with Crippen LogP contribution in [0.3, 0.4) is 0 Å². The predicted octanol–water partition coefficient (Wildman–Crippen LogP) is 2.71. The number of benzene rings is 2. The summed E-state index contributed by atoms with van der Waals surface area (Å²) in [6, 6.07) is 13.0. The van der Waals surface area contributed by atoms with Crippen molar-refractivity contribution >= 4 is 22.7 Å². The summed E-state index contributed by atoms with van der Waals surface area (Å²) >= 11 is 0. The third-order valence-corrected chi connectivity index (χ3v) is 4.97. The van der Waals surface area contributed by atoms with E-state index in [1.807, 2.05) is 42.6 Å². The van der Waals surface area contributed by atoms with Crippen molar-refractivity contribution in [3.63, 3.8) is 0 Å². The van der Waals surface area contributed by atoms with Crippen molar-refractivity contribution in [1.82, 2.24) is 15.6 Å². The van der Waals surface area contributed by atoms with Crippen LogP contribution in [0, 0.1) is 0 Å². The Morgan fingerprint density at radius 1 is 1.22 bits per heavy atom. The van der Waals surface area contributed by atoms with E-state index in [0.29, 0.717) is 18.5 Å². The van der Waals surface area contributed by atoms with Crippen LogP contribution in [0.2, 0.25) is 0 Å². The number of fused-ring (bicyclic) bond motifs is 2. The molecule has 1 unspecified atom stereocenters. The number of aromatic nitrogens is 1. The van der Waals surface area contributed by atoms with Crippen molar-refractivity contribution in [2.75, 3.05) is 13.7 Å². The minimum absolute atomic E-state index is 0.0746. The van der Waals surface area contributed by atoms with Gasteiger partial charge in [-0.2, -0.15) is 0 Å². The quantitative estimate of drug-likeness (QED) is 0.630. The smallest absolute Gasteiger partial charge is 0.252 e. The van der Waals surface area contributed by atoms with E-state index < -0.39 is 0 Å². The summed E-state index contributed by atoms with van der Waals surface area (Å²) in [6.07, 6.45) is 2.92. The molecule has 1 aliphatic rings. The molecule has 138 valence electrons. The first kappa shape index (κ1) is 17.1. The van der Waals surface area contributed by atoms with Gasteiger partial charge >= 0.3 is 0 Å². The molecule has 2 aromatic carbocycles. The number of nitrogens with one attached hydrogen (secondary N) is 3. The van der Waals surface area contributed by atoms with Crippen LogP contribution in [0.4, 0.5) is 0 Å². The molecule has 0 bridgehead atoms. The second-order valence-corrected chi connectivity index (χ2v) is 6.64. The monoisotopic (exact) mass is 363 g/mol. The first-order valence-corrected chi connectivity index (χ1v) is 8.96. The van der Waals surface area contributed by atoms with Gasteiger partial charge in [0.05, 0.1) is 19.6 Å². The maximum Gasteiger partial charge on any atom is 0.252 e. The number of hydrogen-bond donors (Lipinski definition) is 3. The van der Waals surface area contributed by atoms with Gasteiger partial charge in [-0.1, -0.05) is 18.2 Å². The van der Waals surface area contributed by atoms with Crippen molar-refractivity contribution in [1.29, 1.82) is 0 Å². The van der Waals surface area contributed by atoms with Gasteiger partial charge in [-0.25, -0.2) is 0 Å². The molecular formula is C21H21N3O3. The lowest BCUT2D eigenvalue weighted by molar-refractivity contribution is -0.121. The average Bonchev–Trinajstić information content (AvgIpc) is 3.23. The van der Waals surface area contributed by atoms with Gasteiger partial charge < -0.3 is 20.4 Å². The molecule has 0 saturated carbocycles. The van der Waals surface area contributed by atoms with E-state index in [0.717, 1.165) is 27.8 Å². The number of H-pyrrole nitrogens is 1. The van der Waals surface area contributed by atoms with Crippen molar-refractivity contribution in [3.8, 4) is 5.75 Å². The van der Waals surface area contributed by atoms with Gasteiger partial charge in [0.2, 0.25) is 5.91 Å². The second kappa shape index (κ2) is 7.15. The minimum atomic E-state index is -0.258. The minimum Gasteiger partial charge on any atom is -0.497 e. The predicted molar refractivity (Wildman–Crippen MR) is 103 cm³/mol. The molecule has 2 heterocycles. The number of ether oxygens (including phenoxy) is 1. The van der Waals surface area contributed by atoms with E-state index in [1.165, 1.54) is 0 Å². The van der Waals surface area contributed by atoms with Crippen LogP contribution in [-0.4, -0.2) is 30.5 Å². The molecule has 2 amide bonds. The van der Waals surface area contributed by atoms with Crippen LogP contribution < -0.4 is 15.4 Å². The number of amides is 2. The van der Waals surface area contributed by atoms with Gasteiger partial charge in [-0.3, -0.25) is 9.59 Å². The summed E-state index contributed by atoms with van der Waals surface area (Å²) in [4.78, 5) is 27.5. The Balaban J connectivity index is 1.35. The summed E-state index contributed by atoms with van der Waals surface area (Å²) < 4.78 is 5.28. The van der Waals surface area contributed by atoms with E-state index in [1.54, 1.807) is 13.2 Å². The van der Waals surface area contributed by atoms with Crippen molar-refractivity contribution < 1.29 is 14.3 Å². The lowest BCUT2D eigenvalue weighted by Crippen LogP contribution is -2.30. The first-order chi connectivity index (χ1) is 13.2. The van der Waals surface area contributed by atoms with E-state index in [-0.39, 0.29) is 24.3 Å². The van der Waals surface area contributed by atoms with E-state index in [4.69, 9.17) is 4.74 Å². The van der Waals surface area contributed by atoms with Crippen LogP contribution in [0.1, 0.15) is 33.9 Å². The molecule has 27 heavy (non-hydrogen) atoms. The van der Waals surface area contributed by atoms with Crippen molar-refractivity contribution in [3.05, 3.63) is 65.4 Å². The zero-order chi connectivity index (χ0) is 18.8. The normalized spacial score (nSPS) is 15.4. The lowest BCUT2D eigenvalue weighted by atomic mass is 10.0. The first-order valence-electron chi connectivity index (χ1n) is 8.96. The molecule has 6 heteroatoms. The number of carbonyl (C=O) groups excluding carboxylic acids is 2. The van der Waals surface area contributed by atoms with Crippen molar-refractivity contribution in [2.45, 2.75) is 18.9 Å². The highest BCUT2D eigenvalue weighted by Crippen LogP contribution is 2.27. The van der Waals surface area contributed by atoms with Gasteiger partial charge in [0.1, 0.15) is 5.75 Å². The fourth-order valence-corrected chi connectivity index (χ4v) is 3.57. The highest BCUT2D eigenvalue weighted by Gasteiger charge is 2.29. The van der Waals surface area contributed by atoms with Crippen LogP contribution in [0.15, 0.2) is 48.7 Å². The maximum absolute atomic E-state index is 12.3. The molecule has 1 aromatic heterocycles. The number of methoxy groups -OCH3 is 1. The molecule has 3 N–H and O–H groups in total. The van der Waals surface area contributed by atoms with Crippen molar-refractivity contribution in [2.24, 2.45) is 0 Å². The van der Waals surface area contributed by atoms with E-state index >= 15 is 0 Å². The highest BCUT2D eigenvalue weighted by molar-refractivity contribution is 5.99. The van der Waals surface area contributed by atoms with Crippen LogP contribution in [0.5, 0.6) is 5.75 Å². The fourth-order valence-electron chi connectivity index (χ4n) is 3.57. The third-order valence-electron chi connectivity index (χ3n) is 4.97. The molecule has 1 aliphatic heterocycles. The summed E-state index contributed by atoms with van der Waals surface area (Å²) in [5.41, 5.74) is 3.72. The zero-order valence-electron chi connectivity index (χ0n) is 15.0. The topological polar surface area (TPSA) is 83.2 Å². The fraction of sp³-hybridized carbons (Fsp3) is 0.238. The number of carbonyl (C=O) groups is 2. The maximum atomic E-state index is 12.3. The standard InChI is InChI=1S/C21H21N3O3/c1-27-14-6-7-18-17(10-14)13(12-23-18)8-9-22-20(25)11-19-15-4-2-3-5-16(15)21(26)24-19/h2-7,10,12,19,23H,8-9,11H2,1H3,(H,22,25)(H,24,26). The number of rotatable bonds is 6. The summed E-state index contributed by atoms with van der Waals surface area (Å²) in [5, 5.41) is 6.92. The lowest BCUT2D eigenvalue weighted by Gasteiger charge is -2.12. The zero-order valence-corrected chi connectivity index (χ0v) is 15.0. The Bertz CT molecular complexity index is 1010. The van der Waals surface area contributed by atoms with Crippen LogP contribution >= 0.6 is 0 Å². The molecule has 0 spiro atoms. The molecule has 0 saturated heterocycles. The second-order valence-electron chi connectivity index (χ2n) is 6.64. The molecule has 4 rings (SSSR count). The number of hydrogen-bond acceptors (Lipinski definition) is 3. The Kier molecular flexibility index (Phi) is 4.54. The van der Waals surface area contributed by atoms with E-state index in [9.17, 15) is 9.59 Å². The van der Waals surface area contributed by atoms with Crippen LogP contribution in [-0.2, 0) is 11.2 Å². The molecule has 0 aliphatic carbocycles. The third kappa shape index (κ3) is 3.38. The van der Waals surface area contributed by atoms with Gasteiger partial charge in [-0.15, -0.1) is 0 Å². The SMILES string of the molecule is COc1ccc2[nH]cc(CCNC(=O)CC3NC(=O)c4ccccc43)c2c1. The Labute approximate surface area is 156 Å². The molecule has 0 fully saturated rings. The van der Waals surface area contributed by atoms with Gasteiger partial charge in [0.25, 0.3) is 5.91 Å². The Morgan fingerprint density at radius 3 is 2.93 bits per heavy atom. The van der Waals surface area contributed by atoms with E-state index in [2.05, 4.69) is 15.6 Å².